The minimum absolute atomic E-state index is 0. The van der Waals surface area contributed by atoms with E-state index in [1.54, 1.807) is 7.11 Å². The molecule has 8 rings (SSSR count). The maximum Gasteiger partial charge on any atom is 0.324 e. The monoisotopic (exact) mass is 937 g/mol. The van der Waals surface area contributed by atoms with Crippen molar-refractivity contribution in [1.29, 1.82) is 0 Å². The summed E-state index contributed by atoms with van der Waals surface area (Å²) in [6, 6.07) is 9.08. The number of aryl methyl sites for hydroxylation is 1. The molecule has 2 N–H and O–H groups in total. The summed E-state index contributed by atoms with van der Waals surface area (Å²) in [4.78, 5) is 53.5. The molecule has 18 heteroatoms. The van der Waals surface area contributed by atoms with E-state index in [2.05, 4.69) is 60.3 Å². The van der Waals surface area contributed by atoms with Crippen LogP contribution in [0, 0.1) is 11.3 Å². The quantitative estimate of drug-likeness (QED) is 0.201. The van der Waals surface area contributed by atoms with Crippen molar-refractivity contribution in [2.75, 3.05) is 26.8 Å². The molecule has 2 saturated heterocycles. The zero-order valence-electron chi connectivity index (χ0n) is 35.1. The first-order chi connectivity index (χ1) is 26.5. The van der Waals surface area contributed by atoms with Crippen LogP contribution in [-0.4, -0.2) is 87.3 Å². The fourth-order valence-electron chi connectivity index (χ4n) is 9.09. The molecule has 1 saturated carbocycles. The second-order valence-electron chi connectivity index (χ2n) is 16.5. The summed E-state index contributed by atoms with van der Waals surface area (Å²) < 4.78 is 14.2. The Labute approximate surface area is 392 Å². The molecule has 6 heterocycles. The van der Waals surface area contributed by atoms with Crippen LogP contribution in [0.4, 0.5) is 4.79 Å². The Morgan fingerprint density at radius 2 is 1.85 bits per heavy atom. The number of fused-ring (bicyclic) bond motifs is 7. The van der Waals surface area contributed by atoms with E-state index in [0.717, 1.165) is 82.0 Å². The van der Waals surface area contributed by atoms with Crippen molar-refractivity contribution in [2.45, 2.75) is 110 Å². The molecular weight excluding hydrogens is 875 g/mol. The van der Waals surface area contributed by atoms with Gasteiger partial charge in [-0.2, -0.15) is 67.5 Å². The normalized spacial score (nSPS) is 22.7. The van der Waals surface area contributed by atoms with Crippen LogP contribution < -0.4 is 10.7 Å². The third-order valence-corrected chi connectivity index (χ3v) is 13.0. The van der Waals surface area contributed by atoms with Gasteiger partial charge < -0.3 is 24.3 Å². The first-order valence-electron chi connectivity index (χ1n) is 19.9. The number of hydrogen-bond acceptors (Lipinski definition) is 9. The number of carbonyl (C=O) groups is 3. The highest BCUT2D eigenvalue weighted by Crippen LogP contribution is 2.42. The first-order valence-corrected chi connectivity index (χ1v) is 20.8. The van der Waals surface area contributed by atoms with Gasteiger partial charge in [0.15, 0.2) is 0 Å². The molecule has 1 aromatic carbocycles. The Kier molecular flexibility index (Phi) is 18.7. The fourth-order valence-corrected chi connectivity index (χ4v) is 9.94. The zero-order chi connectivity index (χ0) is 38.4. The molecule has 4 aliphatic rings. The van der Waals surface area contributed by atoms with Gasteiger partial charge >= 0.3 is 12.0 Å². The first kappa shape index (κ1) is 51.8. The molecule has 5 atom stereocenters. The standard InChI is InChI=1S/C42H53N7O5S.5H2S/c1-6-47-35-16-15-26-19-29(35)30(38(47)28-12-9-17-43-37(28)25(2)53-5)21-42(3,4)24-54-40(51)31-13-10-18-49(46-31)39(50)32(20-36-44-33(26)23-55-36)45-41(52)48-22-27-11-7-8-14-34(27)48;;;;;/h9,12,15-17,19,23,25,27,31-32,34,46H,6-8,10-11,13-14,18,20-22,24H2,1-5H3,(H,45,52);5*1H2/t25-,27-,31-,32-,34-;;;;;/m0...../s1. The van der Waals surface area contributed by atoms with E-state index in [0.29, 0.717) is 31.7 Å². The molecular formula is C42H63N7O5S6. The Hall–Kier alpha value is -2.58. The number of urea groups is 1. The lowest BCUT2D eigenvalue weighted by molar-refractivity contribution is -0.155. The van der Waals surface area contributed by atoms with Crippen molar-refractivity contribution in [3.05, 3.63) is 58.2 Å². The number of benzene rings is 1. The Morgan fingerprint density at radius 3 is 2.58 bits per heavy atom. The van der Waals surface area contributed by atoms with E-state index in [-0.39, 0.29) is 111 Å². The number of hydrogen-bond donors (Lipinski definition) is 2. The van der Waals surface area contributed by atoms with Crippen molar-refractivity contribution in [2.24, 2.45) is 11.3 Å². The predicted molar refractivity (Wildman–Crippen MR) is 264 cm³/mol. The van der Waals surface area contributed by atoms with Gasteiger partial charge in [-0.25, -0.2) is 15.2 Å². The molecule has 332 valence electrons. The molecule has 3 fully saturated rings. The van der Waals surface area contributed by atoms with Gasteiger partial charge in [-0.05, 0) is 81.7 Å². The van der Waals surface area contributed by atoms with Gasteiger partial charge in [0.25, 0.3) is 5.91 Å². The van der Waals surface area contributed by atoms with Crippen LogP contribution in [0.1, 0.15) is 88.6 Å². The van der Waals surface area contributed by atoms with Crippen LogP contribution in [0.3, 0.4) is 0 Å². The Balaban J connectivity index is 0.00000192. The zero-order valence-corrected chi connectivity index (χ0v) is 40.9. The number of nitrogens with one attached hydrogen (secondary N) is 2. The Bertz CT molecular complexity index is 2110. The second-order valence-corrected chi connectivity index (χ2v) is 17.4. The number of methoxy groups -OCH3 is 1. The topological polar surface area (TPSA) is 131 Å². The highest BCUT2D eigenvalue weighted by molar-refractivity contribution is 7.60. The minimum atomic E-state index is -0.854. The summed E-state index contributed by atoms with van der Waals surface area (Å²) in [5.74, 6) is -0.115. The number of thiazole rings is 1. The van der Waals surface area contributed by atoms with Crippen molar-refractivity contribution in [1.82, 2.24) is 35.2 Å². The number of rotatable bonds is 5. The number of cyclic esters (lactones) is 1. The van der Waals surface area contributed by atoms with Crippen LogP contribution in [0.5, 0.6) is 0 Å². The predicted octanol–water partition coefficient (Wildman–Crippen LogP) is 7.23. The van der Waals surface area contributed by atoms with Crippen LogP contribution in [0.25, 0.3) is 33.4 Å². The molecule has 4 aromatic rings. The third-order valence-electron chi connectivity index (χ3n) is 12.1. The van der Waals surface area contributed by atoms with Crippen molar-refractivity contribution >= 4 is 108 Å². The maximum absolute atomic E-state index is 14.3. The SMILES string of the molecule is CCn1c(-c2cccnc2[C@H](C)OC)c2c3cc(ccc31)-c1csc(n1)C[C@H](NC(=O)N1C[C@@H]3CCCC[C@@H]31)C(=O)N1CCC[C@H](N1)C(=O)OCC(C)(C)C2.S.S.S.S.S. The highest BCUT2D eigenvalue weighted by Gasteiger charge is 2.44. The van der Waals surface area contributed by atoms with Gasteiger partial charge in [-0.15, -0.1) is 11.3 Å². The average molecular weight is 938 g/mol. The summed E-state index contributed by atoms with van der Waals surface area (Å²) in [5.41, 5.74) is 9.73. The molecule has 6 bridgehead atoms. The van der Waals surface area contributed by atoms with Gasteiger partial charge in [0.2, 0.25) is 0 Å². The summed E-state index contributed by atoms with van der Waals surface area (Å²) in [6.07, 6.45) is 8.13. The Morgan fingerprint density at radius 1 is 1.08 bits per heavy atom. The average Bonchev–Trinajstić information content (AvgIpc) is 3.77. The van der Waals surface area contributed by atoms with E-state index in [1.807, 2.05) is 29.5 Å². The lowest BCUT2D eigenvalue weighted by Crippen LogP contribution is -2.65. The molecule has 3 aromatic heterocycles. The summed E-state index contributed by atoms with van der Waals surface area (Å²) >= 11 is 1.49. The minimum Gasteiger partial charge on any atom is -0.464 e. The van der Waals surface area contributed by atoms with Gasteiger partial charge in [0, 0.05) is 78.2 Å². The highest BCUT2D eigenvalue weighted by atomic mass is 32.1. The van der Waals surface area contributed by atoms with E-state index in [1.165, 1.54) is 22.8 Å². The molecule has 1 aliphatic carbocycles. The molecule has 0 radical (unpaired) electrons. The lowest BCUT2D eigenvalue weighted by atomic mass is 9.77. The number of esters is 1. The van der Waals surface area contributed by atoms with Gasteiger partial charge in [-0.1, -0.05) is 32.8 Å². The van der Waals surface area contributed by atoms with Crippen LogP contribution in [0.2, 0.25) is 0 Å². The van der Waals surface area contributed by atoms with Crippen molar-refractivity contribution in [3.8, 4) is 22.5 Å². The van der Waals surface area contributed by atoms with Gasteiger partial charge in [-0.3, -0.25) is 19.6 Å². The molecule has 0 unspecified atom stereocenters. The number of likely N-dealkylation sites (tertiary alicyclic amines) is 1. The molecule has 60 heavy (non-hydrogen) atoms. The third kappa shape index (κ3) is 10.3. The maximum atomic E-state index is 14.3. The van der Waals surface area contributed by atoms with E-state index >= 15 is 0 Å². The van der Waals surface area contributed by atoms with Crippen molar-refractivity contribution < 1.29 is 23.9 Å². The summed E-state index contributed by atoms with van der Waals surface area (Å²) in [6.45, 7) is 10.5. The van der Waals surface area contributed by atoms with Crippen LogP contribution in [-0.2, 0) is 38.4 Å². The smallest absolute Gasteiger partial charge is 0.324 e. The lowest BCUT2D eigenvalue weighted by Gasteiger charge is -2.51. The molecule has 0 spiro atoms. The number of aromatic nitrogens is 3. The second kappa shape index (κ2) is 21.7. The summed E-state index contributed by atoms with van der Waals surface area (Å²) in [7, 11) is 1.70. The fraction of sp³-hybridized carbons (Fsp3) is 0.548. The number of amides is 3. The number of ether oxygens (including phenoxy) is 2. The molecule has 12 nitrogen and oxygen atoms in total. The van der Waals surface area contributed by atoms with Crippen LogP contribution in [0.15, 0.2) is 41.9 Å². The van der Waals surface area contributed by atoms with Gasteiger partial charge in [0.1, 0.15) is 12.1 Å². The van der Waals surface area contributed by atoms with Crippen molar-refractivity contribution in [3.63, 3.8) is 0 Å². The molecule has 3 amide bonds. The number of pyridine rings is 1. The van der Waals surface area contributed by atoms with E-state index < -0.39 is 17.5 Å². The summed E-state index contributed by atoms with van der Waals surface area (Å²) in [5, 5.41) is 8.51. The van der Waals surface area contributed by atoms with E-state index in [4.69, 9.17) is 19.4 Å². The number of hydrazine groups is 1. The molecule has 3 aliphatic heterocycles. The van der Waals surface area contributed by atoms with E-state index in [9.17, 15) is 14.4 Å². The van der Waals surface area contributed by atoms with Gasteiger partial charge in [0.05, 0.1) is 34.8 Å². The largest absolute Gasteiger partial charge is 0.464 e. The van der Waals surface area contributed by atoms with Crippen LogP contribution >= 0.6 is 78.8 Å². The number of nitrogens with zero attached hydrogens (tertiary/aromatic N) is 5. The number of carbonyl (C=O) groups excluding carboxylic acids is 3.